The average molecular weight is 350 g/mol. The Morgan fingerprint density at radius 1 is 1.32 bits per heavy atom. The predicted octanol–water partition coefficient (Wildman–Crippen LogP) is 2.08. The molecule has 1 unspecified atom stereocenters. The third kappa shape index (κ3) is 4.73. The van der Waals surface area contributed by atoms with Crippen molar-refractivity contribution in [2.75, 3.05) is 33.3 Å². The minimum absolute atomic E-state index is 0.0300. The van der Waals surface area contributed by atoms with Crippen molar-refractivity contribution < 1.29 is 14.1 Å². The van der Waals surface area contributed by atoms with Gasteiger partial charge in [-0.25, -0.2) is 4.79 Å². The van der Waals surface area contributed by atoms with Crippen LogP contribution in [0.15, 0.2) is 4.52 Å². The van der Waals surface area contributed by atoms with Crippen molar-refractivity contribution >= 4 is 6.03 Å². The molecule has 0 spiro atoms. The molecular weight excluding hydrogens is 320 g/mol. The summed E-state index contributed by atoms with van der Waals surface area (Å²) in [6.07, 6.45) is 4.78. The summed E-state index contributed by atoms with van der Waals surface area (Å²) in [5.74, 6) is 0.777. The fourth-order valence-corrected chi connectivity index (χ4v) is 3.66. The van der Waals surface area contributed by atoms with Gasteiger partial charge in [0.1, 0.15) is 5.76 Å². The van der Waals surface area contributed by atoms with Gasteiger partial charge in [0.25, 0.3) is 0 Å². The minimum Gasteiger partial charge on any atom is -0.377 e. The Hall–Kier alpha value is -1.60. The van der Waals surface area contributed by atoms with Crippen LogP contribution in [0.1, 0.15) is 42.7 Å². The molecule has 2 saturated heterocycles. The van der Waals surface area contributed by atoms with Crippen LogP contribution < -0.4 is 5.32 Å². The van der Waals surface area contributed by atoms with Gasteiger partial charge in [0.15, 0.2) is 0 Å². The van der Waals surface area contributed by atoms with Gasteiger partial charge in [0, 0.05) is 44.9 Å². The van der Waals surface area contributed by atoms with Gasteiger partial charge in [-0.05, 0) is 39.5 Å². The van der Waals surface area contributed by atoms with Crippen molar-refractivity contribution in [3.05, 3.63) is 17.0 Å². The van der Waals surface area contributed by atoms with E-state index in [1.807, 2.05) is 20.9 Å². The molecule has 7 heteroatoms. The maximum absolute atomic E-state index is 12.5. The van der Waals surface area contributed by atoms with E-state index in [2.05, 4.69) is 15.4 Å². The molecule has 7 nitrogen and oxygen atoms in total. The first-order chi connectivity index (χ1) is 12.0. The van der Waals surface area contributed by atoms with Crippen molar-refractivity contribution in [2.24, 2.45) is 0 Å². The summed E-state index contributed by atoms with van der Waals surface area (Å²) in [4.78, 5) is 16.6. The lowest BCUT2D eigenvalue weighted by Gasteiger charge is -2.34. The number of likely N-dealkylation sites (tertiary alicyclic amines) is 1. The fourth-order valence-electron chi connectivity index (χ4n) is 3.66. The highest BCUT2D eigenvalue weighted by molar-refractivity contribution is 5.74. The smallest absolute Gasteiger partial charge is 0.317 e. The summed E-state index contributed by atoms with van der Waals surface area (Å²) in [6.45, 7) is 8.30. The molecule has 0 bridgehead atoms. The maximum Gasteiger partial charge on any atom is 0.317 e. The standard InChI is InChI=1S/C18H30N4O3/c1-13-17(14(2)25-20-13)12-21(3)18(23)19-15-6-8-22(9-7-15)11-16-5-4-10-24-16/h15-16H,4-12H2,1-3H3,(H,19,23). The molecule has 3 heterocycles. The Balaban J connectivity index is 1.41. The van der Waals surface area contributed by atoms with Gasteiger partial charge in [-0.3, -0.25) is 0 Å². The van der Waals surface area contributed by atoms with Gasteiger partial charge in [-0.2, -0.15) is 0 Å². The number of hydrogen-bond donors (Lipinski definition) is 1. The van der Waals surface area contributed by atoms with Gasteiger partial charge in [0.2, 0.25) is 0 Å². The van der Waals surface area contributed by atoms with Crippen LogP contribution in [0.25, 0.3) is 0 Å². The number of rotatable bonds is 5. The molecule has 2 aliphatic rings. The SMILES string of the molecule is Cc1noc(C)c1CN(C)C(=O)NC1CCN(CC2CCCO2)CC1. The molecular formula is C18H30N4O3. The lowest BCUT2D eigenvalue weighted by Crippen LogP contribution is -2.49. The van der Waals surface area contributed by atoms with E-state index < -0.39 is 0 Å². The van der Waals surface area contributed by atoms with Crippen LogP contribution in [0, 0.1) is 13.8 Å². The zero-order valence-electron chi connectivity index (χ0n) is 15.6. The first kappa shape index (κ1) is 18.2. The number of carbonyl (C=O) groups is 1. The van der Waals surface area contributed by atoms with Crippen LogP contribution in [0.2, 0.25) is 0 Å². The molecule has 0 aromatic carbocycles. The van der Waals surface area contributed by atoms with Gasteiger partial charge in [-0.1, -0.05) is 5.16 Å². The quantitative estimate of drug-likeness (QED) is 0.880. The highest BCUT2D eigenvalue weighted by Gasteiger charge is 2.25. The van der Waals surface area contributed by atoms with E-state index in [0.717, 1.165) is 56.1 Å². The molecule has 140 valence electrons. The van der Waals surface area contributed by atoms with E-state index in [0.29, 0.717) is 12.6 Å². The van der Waals surface area contributed by atoms with Crippen LogP contribution in [-0.2, 0) is 11.3 Å². The average Bonchev–Trinajstić information content (AvgIpc) is 3.21. The molecule has 2 fully saturated rings. The van der Waals surface area contributed by atoms with Crippen LogP contribution >= 0.6 is 0 Å². The Kier molecular flexibility index (Phi) is 5.96. The second-order valence-corrected chi connectivity index (χ2v) is 7.32. The number of aryl methyl sites for hydroxylation is 2. The number of ether oxygens (including phenoxy) is 1. The lowest BCUT2D eigenvalue weighted by molar-refractivity contribution is 0.0629. The summed E-state index contributed by atoms with van der Waals surface area (Å²) in [5, 5.41) is 7.11. The molecule has 3 rings (SSSR count). The molecule has 1 aromatic rings. The molecule has 25 heavy (non-hydrogen) atoms. The van der Waals surface area contributed by atoms with Gasteiger partial charge < -0.3 is 24.4 Å². The molecule has 2 amide bonds. The Labute approximate surface area is 149 Å². The predicted molar refractivity (Wildman–Crippen MR) is 94.4 cm³/mol. The number of piperidine rings is 1. The molecule has 0 saturated carbocycles. The third-order valence-electron chi connectivity index (χ3n) is 5.32. The van der Waals surface area contributed by atoms with E-state index in [1.54, 1.807) is 4.90 Å². The van der Waals surface area contributed by atoms with Crippen molar-refractivity contribution in [3.63, 3.8) is 0 Å². The van der Waals surface area contributed by atoms with Crippen LogP contribution in [0.5, 0.6) is 0 Å². The van der Waals surface area contributed by atoms with E-state index in [1.165, 1.54) is 12.8 Å². The third-order valence-corrected chi connectivity index (χ3v) is 5.32. The second kappa shape index (κ2) is 8.19. The largest absolute Gasteiger partial charge is 0.377 e. The highest BCUT2D eigenvalue weighted by Crippen LogP contribution is 2.18. The first-order valence-electron chi connectivity index (χ1n) is 9.30. The van der Waals surface area contributed by atoms with Crippen molar-refractivity contribution in [1.29, 1.82) is 0 Å². The molecule has 1 aromatic heterocycles. The fraction of sp³-hybridized carbons (Fsp3) is 0.778. The molecule has 0 radical (unpaired) electrons. The normalized spacial score (nSPS) is 22.3. The number of urea groups is 1. The zero-order valence-corrected chi connectivity index (χ0v) is 15.6. The molecule has 1 atom stereocenters. The number of aromatic nitrogens is 1. The van der Waals surface area contributed by atoms with Gasteiger partial charge in [-0.15, -0.1) is 0 Å². The Morgan fingerprint density at radius 2 is 2.08 bits per heavy atom. The van der Waals surface area contributed by atoms with Crippen molar-refractivity contribution in [3.8, 4) is 0 Å². The number of hydrogen-bond acceptors (Lipinski definition) is 5. The van der Waals surface area contributed by atoms with Gasteiger partial charge >= 0.3 is 6.03 Å². The lowest BCUT2D eigenvalue weighted by atomic mass is 10.0. The summed E-state index contributed by atoms with van der Waals surface area (Å²) in [5.41, 5.74) is 1.84. The molecule has 0 aliphatic carbocycles. The number of amides is 2. The van der Waals surface area contributed by atoms with Crippen LogP contribution in [-0.4, -0.2) is 66.4 Å². The Morgan fingerprint density at radius 3 is 2.68 bits per heavy atom. The minimum atomic E-state index is -0.0300. The van der Waals surface area contributed by atoms with Crippen LogP contribution in [0.3, 0.4) is 0 Å². The first-order valence-corrected chi connectivity index (χ1v) is 9.30. The van der Waals surface area contributed by atoms with Crippen molar-refractivity contribution in [2.45, 2.75) is 58.2 Å². The maximum atomic E-state index is 12.5. The molecule has 2 aliphatic heterocycles. The second-order valence-electron chi connectivity index (χ2n) is 7.32. The summed E-state index contributed by atoms with van der Waals surface area (Å²) < 4.78 is 10.9. The van der Waals surface area contributed by atoms with Crippen LogP contribution in [0.4, 0.5) is 4.79 Å². The number of nitrogens with zero attached hydrogens (tertiary/aromatic N) is 3. The highest BCUT2D eigenvalue weighted by atomic mass is 16.5. The van der Waals surface area contributed by atoms with E-state index in [-0.39, 0.29) is 12.1 Å². The van der Waals surface area contributed by atoms with E-state index in [9.17, 15) is 4.79 Å². The monoisotopic (exact) mass is 350 g/mol. The van der Waals surface area contributed by atoms with E-state index in [4.69, 9.17) is 9.26 Å². The molecule has 1 N–H and O–H groups in total. The van der Waals surface area contributed by atoms with Crippen molar-refractivity contribution in [1.82, 2.24) is 20.3 Å². The van der Waals surface area contributed by atoms with E-state index >= 15 is 0 Å². The summed E-state index contributed by atoms with van der Waals surface area (Å²) in [6, 6.07) is 0.220. The zero-order chi connectivity index (χ0) is 17.8. The number of nitrogens with one attached hydrogen (secondary N) is 1. The summed E-state index contributed by atoms with van der Waals surface area (Å²) >= 11 is 0. The topological polar surface area (TPSA) is 70.8 Å². The number of carbonyl (C=O) groups excluding carboxylic acids is 1. The van der Waals surface area contributed by atoms with Gasteiger partial charge in [0.05, 0.1) is 18.3 Å². The summed E-state index contributed by atoms with van der Waals surface area (Å²) in [7, 11) is 1.81. The Bertz CT molecular complexity index is 555.